The van der Waals surface area contributed by atoms with Crippen LogP contribution in [0.4, 0.5) is 14.7 Å². The molecule has 0 saturated carbocycles. The summed E-state index contributed by atoms with van der Waals surface area (Å²) < 4.78 is 36.8. The van der Waals surface area contributed by atoms with Crippen molar-refractivity contribution in [2.75, 3.05) is 18.0 Å². The predicted octanol–water partition coefficient (Wildman–Crippen LogP) is 4.62. The molecule has 8 nitrogen and oxygen atoms in total. The molecule has 5 rings (SSSR count). The summed E-state index contributed by atoms with van der Waals surface area (Å²) in [5.41, 5.74) is 2.76. The number of rotatable bonds is 6. The van der Waals surface area contributed by atoms with Gasteiger partial charge in [-0.25, -0.2) is 23.7 Å². The molecule has 0 aliphatic carbocycles. The number of morpholine rings is 1. The van der Waals surface area contributed by atoms with Crippen molar-refractivity contribution in [2.45, 2.75) is 44.8 Å². The first-order valence-electron chi connectivity index (χ1n) is 11.0. The molecule has 4 aromatic heterocycles. The number of pyridine rings is 1. The van der Waals surface area contributed by atoms with Gasteiger partial charge in [-0.15, -0.1) is 0 Å². The van der Waals surface area contributed by atoms with Gasteiger partial charge in [0.25, 0.3) is 5.92 Å². The lowest BCUT2D eigenvalue weighted by molar-refractivity contribution is -0.0178. The highest BCUT2D eigenvalue weighted by molar-refractivity contribution is 5.61. The van der Waals surface area contributed by atoms with Crippen molar-refractivity contribution < 1.29 is 14.9 Å². The first kappa shape index (κ1) is 21.4. The molecule has 1 saturated heterocycles. The molecule has 0 bridgehead atoms. The molecule has 4 aromatic rings. The van der Waals surface area contributed by atoms with Gasteiger partial charge in [0.2, 0.25) is 5.95 Å². The summed E-state index contributed by atoms with van der Waals surface area (Å²) >= 11 is 0. The number of imidazole rings is 1. The van der Waals surface area contributed by atoms with E-state index in [2.05, 4.69) is 25.1 Å². The Morgan fingerprint density at radius 3 is 2.88 bits per heavy atom. The molecular weight excluding hydrogens is 428 g/mol. The number of hydrogen-bond acceptors (Lipinski definition) is 6. The molecule has 1 N–H and O–H groups in total. The van der Waals surface area contributed by atoms with Gasteiger partial charge in [-0.1, -0.05) is 13.3 Å². The average molecular weight is 456 g/mol. The van der Waals surface area contributed by atoms with Gasteiger partial charge >= 0.3 is 0 Å². The molecule has 2 atom stereocenters. The molecule has 174 valence electrons. The highest BCUT2D eigenvalue weighted by Crippen LogP contribution is 2.34. The molecule has 1 aliphatic heterocycles. The number of ether oxygens (including phenoxy) is 1. The first-order valence-corrected chi connectivity index (χ1v) is 11.0. The molecule has 1 unspecified atom stereocenters. The maximum atomic E-state index is 14.5. The zero-order valence-electron chi connectivity index (χ0n) is 18.4. The minimum absolute atomic E-state index is 0. The van der Waals surface area contributed by atoms with Crippen LogP contribution in [0.15, 0.2) is 49.2 Å². The van der Waals surface area contributed by atoms with Crippen LogP contribution in [0.3, 0.4) is 0 Å². The van der Waals surface area contributed by atoms with E-state index in [9.17, 15) is 8.78 Å². The van der Waals surface area contributed by atoms with E-state index in [4.69, 9.17) is 9.72 Å². The van der Waals surface area contributed by atoms with E-state index in [0.717, 1.165) is 5.56 Å². The molecule has 33 heavy (non-hydrogen) atoms. The smallest absolute Gasteiger partial charge is 0.274 e. The van der Waals surface area contributed by atoms with Gasteiger partial charge in [0.05, 0.1) is 36.4 Å². The quantitative estimate of drug-likeness (QED) is 0.457. The standard InChI is InChI=1S/C23H25F2N7O.H2/c1-3-7-23(24,25)17-4-5-21-27-11-19(32(21)13-17)18-6-8-26-22(30-18)31-12-15(2)33-20(14-31)16-9-28-29-10-16;/h4-6,8-11,13,15,20H,3,7,12,14H2,1-2H3,(H,28,29);1H/t15?,20-;/m0./s1. The largest absolute Gasteiger partial charge is 0.367 e. The molecular formula is C23H27F2N7O. The molecule has 0 aromatic carbocycles. The van der Waals surface area contributed by atoms with E-state index < -0.39 is 5.92 Å². The van der Waals surface area contributed by atoms with Gasteiger partial charge in [-0.2, -0.15) is 5.10 Å². The van der Waals surface area contributed by atoms with Crippen LogP contribution < -0.4 is 4.90 Å². The third-order valence-corrected chi connectivity index (χ3v) is 5.83. The van der Waals surface area contributed by atoms with Crippen LogP contribution in [0.25, 0.3) is 17.0 Å². The van der Waals surface area contributed by atoms with Gasteiger partial charge in [0, 0.05) is 44.1 Å². The van der Waals surface area contributed by atoms with Crippen molar-refractivity contribution in [1.82, 2.24) is 29.5 Å². The molecule has 0 spiro atoms. The van der Waals surface area contributed by atoms with E-state index in [0.29, 0.717) is 42.5 Å². The van der Waals surface area contributed by atoms with Gasteiger partial charge < -0.3 is 9.64 Å². The van der Waals surface area contributed by atoms with Gasteiger partial charge in [0.15, 0.2) is 0 Å². The van der Waals surface area contributed by atoms with Crippen molar-refractivity contribution in [1.29, 1.82) is 0 Å². The number of halogens is 2. The SMILES string of the molecule is CCCC(F)(F)c1ccc2ncc(-c3ccnc(N4CC(C)O[C@H](c5cn[nH]c5)C4)n3)n2c1.[HH]. The van der Waals surface area contributed by atoms with Crippen molar-refractivity contribution in [3.8, 4) is 11.4 Å². The Morgan fingerprint density at radius 1 is 1.21 bits per heavy atom. The van der Waals surface area contributed by atoms with E-state index in [1.165, 1.54) is 12.3 Å². The van der Waals surface area contributed by atoms with Crippen LogP contribution in [0, 0.1) is 0 Å². The monoisotopic (exact) mass is 455 g/mol. The van der Waals surface area contributed by atoms with Gasteiger partial charge in [-0.3, -0.25) is 9.50 Å². The number of anilines is 1. The molecule has 0 radical (unpaired) electrons. The summed E-state index contributed by atoms with van der Waals surface area (Å²) in [6.07, 6.45) is 8.39. The van der Waals surface area contributed by atoms with Crippen molar-refractivity contribution in [2.24, 2.45) is 0 Å². The first-order chi connectivity index (χ1) is 15.9. The Kier molecular flexibility index (Phi) is 5.53. The Hall–Kier alpha value is -3.40. The van der Waals surface area contributed by atoms with Crippen LogP contribution in [-0.2, 0) is 10.7 Å². The molecule has 10 heteroatoms. The van der Waals surface area contributed by atoms with E-state index >= 15 is 0 Å². The average Bonchev–Trinajstić information content (AvgIpc) is 3.49. The number of hydrogen-bond donors (Lipinski definition) is 1. The summed E-state index contributed by atoms with van der Waals surface area (Å²) in [7, 11) is 0. The minimum Gasteiger partial charge on any atom is -0.367 e. The number of fused-ring (bicyclic) bond motifs is 1. The van der Waals surface area contributed by atoms with Crippen LogP contribution in [-0.4, -0.2) is 48.7 Å². The maximum Gasteiger partial charge on any atom is 0.274 e. The van der Waals surface area contributed by atoms with Gasteiger partial charge in [0.1, 0.15) is 11.8 Å². The minimum atomic E-state index is -2.90. The number of aromatic nitrogens is 6. The normalized spacial score (nSPS) is 19.3. The fourth-order valence-corrected chi connectivity index (χ4v) is 4.22. The number of alkyl halides is 2. The van der Waals surface area contributed by atoms with Crippen LogP contribution in [0.1, 0.15) is 45.3 Å². The highest BCUT2D eigenvalue weighted by atomic mass is 19.3. The second-order valence-electron chi connectivity index (χ2n) is 8.36. The van der Waals surface area contributed by atoms with Crippen LogP contribution in [0.5, 0.6) is 0 Å². The Bertz CT molecular complexity index is 1250. The lowest BCUT2D eigenvalue weighted by atomic mass is 10.1. The Labute approximate surface area is 191 Å². The number of nitrogens with zero attached hydrogens (tertiary/aromatic N) is 6. The zero-order valence-corrected chi connectivity index (χ0v) is 18.4. The third kappa shape index (κ3) is 4.18. The lowest BCUT2D eigenvalue weighted by Gasteiger charge is -2.36. The van der Waals surface area contributed by atoms with Gasteiger partial charge in [-0.05, 0) is 25.1 Å². The third-order valence-electron chi connectivity index (χ3n) is 5.83. The molecule has 1 fully saturated rings. The second-order valence-corrected chi connectivity index (χ2v) is 8.36. The summed E-state index contributed by atoms with van der Waals surface area (Å²) in [5, 5.41) is 6.84. The highest BCUT2D eigenvalue weighted by Gasteiger charge is 2.31. The maximum absolute atomic E-state index is 14.5. The fourth-order valence-electron chi connectivity index (χ4n) is 4.22. The topological polar surface area (TPSA) is 84.2 Å². The number of H-pyrrole nitrogens is 1. The Balaban J connectivity index is 0.00000274. The summed E-state index contributed by atoms with van der Waals surface area (Å²) in [6.45, 7) is 4.97. The predicted molar refractivity (Wildman–Crippen MR) is 121 cm³/mol. The van der Waals surface area contributed by atoms with Crippen molar-refractivity contribution in [3.63, 3.8) is 0 Å². The van der Waals surface area contributed by atoms with Crippen molar-refractivity contribution in [3.05, 3.63) is 60.3 Å². The second kappa shape index (κ2) is 8.51. The summed E-state index contributed by atoms with van der Waals surface area (Å²) in [4.78, 5) is 15.7. The summed E-state index contributed by atoms with van der Waals surface area (Å²) in [6, 6.07) is 4.82. The van der Waals surface area contributed by atoms with Crippen molar-refractivity contribution >= 4 is 11.6 Å². The molecule has 1 aliphatic rings. The van der Waals surface area contributed by atoms with E-state index in [1.807, 2.05) is 13.1 Å². The van der Waals surface area contributed by atoms with Crippen LogP contribution >= 0.6 is 0 Å². The van der Waals surface area contributed by atoms with E-state index in [1.54, 1.807) is 42.0 Å². The fraction of sp³-hybridized carbons (Fsp3) is 0.391. The number of nitrogens with one attached hydrogen (secondary N) is 1. The summed E-state index contributed by atoms with van der Waals surface area (Å²) in [5.74, 6) is -2.34. The van der Waals surface area contributed by atoms with E-state index in [-0.39, 0.29) is 25.6 Å². The van der Waals surface area contributed by atoms with Crippen LogP contribution in [0.2, 0.25) is 0 Å². The Morgan fingerprint density at radius 2 is 2.09 bits per heavy atom. The molecule has 5 heterocycles. The number of aromatic amines is 1. The lowest BCUT2D eigenvalue weighted by Crippen LogP contribution is -2.43. The molecule has 0 amide bonds. The zero-order chi connectivity index (χ0) is 23.0.